The highest BCUT2D eigenvalue weighted by atomic mass is 16.6. The number of aromatic nitrogens is 2. The van der Waals surface area contributed by atoms with Crippen LogP contribution in [0.5, 0.6) is 0 Å². The summed E-state index contributed by atoms with van der Waals surface area (Å²) in [6.45, 7) is 6.40. The lowest BCUT2D eigenvalue weighted by molar-refractivity contribution is 0.0234. The van der Waals surface area contributed by atoms with Crippen LogP contribution in [0.4, 0.5) is 4.79 Å². The fourth-order valence-electron chi connectivity index (χ4n) is 2.05. The number of H-pyrrole nitrogens is 1. The van der Waals surface area contributed by atoms with E-state index in [0.29, 0.717) is 30.8 Å². The van der Waals surface area contributed by atoms with E-state index < -0.39 is 5.60 Å². The first-order valence-corrected chi connectivity index (χ1v) is 6.40. The molecule has 0 spiro atoms. The minimum Gasteiger partial charge on any atom is -0.444 e. The highest BCUT2D eigenvalue weighted by Crippen LogP contribution is 2.16. The molecular formula is C13H19N3O3. The van der Waals surface area contributed by atoms with Gasteiger partial charge in [-0.05, 0) is 33.6 Å². The van der Waals surface area contributed by atoms with Crippen LogP contribution in [0.2, 0.25) is 0 Å². The first kappa shape index (κ1) is 13.6. The zero-order chi connectivity index (χ0) is 14.0. The summed E-state index contributed by atoms with van der Waals surface area (Å²) < 4.78 is 5.35. The summed E-state index contributed by atoms with van der Waals surface area (Å²) in [5.41, 5.74) is 0.699. The Bertz CT molecular complexity index is 531. The SMILES string of the molecule is CC(C)(C)OC(=O)N1CCCc2c(nc[nH]c2=O)C1. The van der Waals surface area contributed by atoms with Gasteiger partial charge in [-0.3, -0.25) is 4.79 Å². The van der Waals surface area contributed by atoms with Crippen molar-refractivity contribution in [3.8, 4) is 0 Å². The Labute approximate surface area is 111 Å². The third kappa shape index (κ3) is 3.33. The number of hydrogen-bond acceptors (Lipinski definition) is 4. The van der Waals surface area contributed by atoms with Crippen LogP contribution in [-0.2, 0) is 17.7 Å². The van der Waals surface area contributed by atoms with E-state index in [4.69, 9.17) is 4.74 Å². The third-order valence-corrected chi connectivity index (χ3v) is 2.89. The topological polar surface area (TPSA) is 75.3 Å². The van der Waals surface area contributed by atoms with Gasteiger partial charge >= 0.3 is 6.09 Å². The molecule has 1 N–H and O–H groups in total. The molecule has 0 radical (unpaired) electrons. The molecule has 0 aromatic carbocycles. The van der Waals surface area contributed by atoms with Crippen LogP contribution < -0.4 is 5.56 Å². The summed E-state index contributed by atoms with van der Waals surface area (Å²) in [4.78, 5) is 32.1. The number of ether oxygens (including phenoxy) is 1. The molecule has 1 aliphatic heterocycles. The van der Waals surface area contributed by atoms with E-state index in [2.05, 4.69) is 9.97 Å². The Balaban J connectivity index is 2.18. The smallest absolute Gasteiger partial charge is 0.410 e. The Morgan fingerprint density at radius 3 is 2.89 bits per heavy atom. The highest BCUT2D eigenvalue weighted by Gasteiger charge is 2.25. The summed E-state index contributed by atoms with van der Waals surface area (Å²) >= 11 is 0. The van der Waals surface area contributed by atoms with Crippen LogP contribution >= 0.6 is 0 Å². The van der Waals surface area contributed by atoms with Crippen molar-refractivity contribution in [2.45, 2.75) is 45.8 Å². The third-order valence-electron chi connectivity index (χ3n) is 2.89. The van der Waals surface area contributed by atoms with Crippen molar-refractivity contribution in [1.82, 2.24) is 14.9 Å². The van der Waals surface area contributed by atoms with Crippen molar-refractivity contribution < 1.29 is 9.53 Å². The molecule has 0 fully saturated rings. The summed E-state index contributed by atoms with van der Waals surface area (Å²) in [5, 5.41) is 0. The molecule has 2 heterocycles. The number of nitrogens with zero attached hydrogens (tertiary/aromatic N) is 2. The molecule has 1 aromatic heterocycles. The average molecular weight is 265 g/mol. The number of carbonyl (C=O) groups excluding carboxylic acids is 1. The van der Waals surface area contributed by atoms with Gasteiger partial charge in [-0.15, -0.1) is 0 Å². The Hall–Kier alpha value is -1.85. The molecule has 0 saturated carbocycles. The second-order valence-electron chi connectivity index (χ2n) is 5.66. The molecule has 0 saturated heterocycles. The Morgan fingerprint density at radius 1 is 1.47 bits per heavy atom. The van der Waals surface area contributed by atoms with Gasteiger partial charge in [0.1, 0.15) is 5.60 Å². The molecule has 104 valence electrons. The predicted molar refractivity (Wildman–Crippen MR) is 69.8 cm³/mol. The Morgan fingerprint density at radius 2 is 2.21 bits per heavy atom. The molecular weight excluding hydrogens is 246 g/mol. The lowest BCUT2D eigenvalue weighted by atomic mass is 10.1. The van der Waals surface area contributed by atoms with Crippen LogP contribution in [0, 0.1) is 0 Å². The standard InChI is InChI=1S/C13H19N3O3/c1-13(2,3)19-12(18)16-6-4-5-9-10(7-16)14-8-15-11(9)17/h8H,4-7H2,1-3H3,(H,14,15,17). The van der Waals surface area contributed by atoms with E-state index in [1.54, 1.807) is 4.90 Å². The molecule has 0 atom stereocenters. The molecule has 0 unspecified atom stereocenters. The number of amides is 1. The minimum atomic E-state index is -0.520. The van der Waals surface area contributed by atoms with E-state index in [0.717, 1.165) is 6.42 Å². The number of aromatic amines is 1. The van der Waals surface area contributed by atoms with Crippen LogP contribution in [-0.4, -0.2) is 33.1 Å². The van der Waals surface area contributed by atoms with E-state index in [9.17, 15) is 9.59 Å². The van der Waals surface area contributed by atoms with Gasteiger partial charge in [-0.2, -0.15) is 0 Å². The van der Waals surface area contributed by atoms with Gasteiger partial charge in [0.25, 0.3) is 5.56 Å². The highest BCUT2D eigenvalue weighted by molar-refractivity contribution is 5.68. The normalized spacial score (nSPS) is 15.6. The molecule has 6 heteroatoms. The Kier molecular flexibility index (Phi) is 3.59. The zero-order valence-corrected chi connectivity index (χ0v) is 11.5. The lowest BCUT2D eigenvalue weighted by Gasteiger charge is -2.26. The molecule has 2 rings (SSSR count). The maximum atomic E-state index is 12.1. The molecule has 19 heavy (non-hydrogen) atoms. The molecule has 1 aromatic rings. The van der Waals surface area contributed by atoms with E-state index in [-0.39, 0.29) is 11.7 Å². The first-order valence-electron chi connectivity index (χ1n) is 6.40. The quantitative estimate of drug-likeness (QED) is 0.770. The van der Waals surface area contributed by atoms with Crippen molar-refractivity contribution in [1.29, 1.82) is 0 Å². The molecule has 0 bridgehead atoms. The fraction of sp³-hybridized carbons (Fsp3) is 0.615. The van der Waals surface area contributed by atoms with Crippen molar-refractivity contribution >= 4 is 6.09 Å². The van der Waals surface area contributed by atoms with Crippen LogP contribution in [0.3, 0.4) is 0 Å². The summed E-state index contributed by atoms with van der Waals surface area (Å²) in [6.07, 6.45) is 2.39. The van der Waals surface area contributed by atoms with Crippen molar-refractivity contribution in [2.24, 2.45) is 0 Å². The predicted octanol–water partition coefficient (Wildman–Crippen LogP) is 1.45. The van der Waals surface area contributed by atoms with Gasteiger partial charge < -0.3 is 14.6 Å². The van der Waals surface area contributed by atoms with Gasteiger partial charge in [-0.25, -0.2) is 9.78 Å². The molecule has 1 amide bonds. The van der Waals surface area contributed by atoms with Gasteiger partial charge in [0.2, 0.25) is 0 Å². The number of carbonyl (C=O) groups is 1. The second kappa shape index (κ2) is 5.03. The van der Waals surface area contributed by atoms with E-state index in [1.807, 2.05) is 20.8 Å². The van der Waals surface area contributed by atoms with Crippen molar-refractivity contribution in [3.05, 3.63) is 27.9 Å². The first-order chi connectivity index (χ1) is 8.87. The van der Waals surface area contributed by atoms with Crippen molar-refractivity contribution in [2.75, 3.05) is 6.54 Å². The second-order valence-corrected chi connectivity index (χ2v) is 5.66. The maximum Gasteiger partial charge on any atom is 0.410 e. The average Bonchev–Trinajstić information content (AvgIpc) is 2.50. The van der Waals surface area contributed by atoms with Gasteiger partial charge in [0.05, 0.1) is 18.6 Å². The van der Waals surface area contributed by atoms with Crippen LogP contribution in [0.15, 0.2) is 11.1 Å². The number of rotatable bonds is 0. The minimum absolute atomic E-state index is 0.115. The largest absolute Gasteiger partial charge is 0.444 e. The summed E-state index contributed by atoms with van der Waals surface area (Å²) in [7, 11) is 0. The van der Waals surface area contributed by atoms with Crippen LogP contribution in [0.25, 0.3) is 0 Å². The molecule has 6 nitrogen and oxygen atoms in total. The fourth-order valence-corrected chi connectivity index (χ4v) is 2.05. The van der Waals surface area contributed by atoms with Gasteiger partial charge in [0, 0.05) is 12.1 Å². The maximum absolute atomic E-state index is 12.1. The number of nitrogens with one attached hydrogen (secondary N) is 1. The number of hydrogen-bond donors (Lipinski definition) is 1. The van der Waals surface area contributed by atoms with E-state index in [1.165, 1.54) is 6.33 Å². The van der Waals surface area contributed by atoms with Crippen molar-refractivity contribution in [3.63, 3.8) is 0 Å². The summed E-state index contributed by atoms with van der Waals surface area (Å²) in [6, 6.07) is 0. The molecule has 1 aliphatic rings. The van der Waals surface area contributed by atoms with Crippen LogP contribution in [0.1, 0.15) is 38.4 Å². The summed E-state index contributed by atoms with van der Waals surface area (Å²) in [5.74, 6) is 0. The van der Waals surface area contributed by atoms with Gasteiger partial charge in [0.15, 0.2) is 0 Å². The van der Waals surface area contributed by atoms with Gasteiger partial charge in [-0.1, -0.05) is 0 Å². The lowest BCUT2D eigenvalue weighted by Crippen LogP contribution is -2.36. The number of fused-ring (bicyclic) bond motifs is 1. The van der Waals surface area contributed by atoms with E-state index >= 15 is 0 Å². The molecule has 0 aliphatic carbocycles. The monoisotopic (exact) mass is 265 g/mol. The zero-order valence-electron chi connectivity index (χ0n) is 11.5.